The van der Waals surface area contributed by atoms with E-state index >= 15 is 0 Å². The van der Waals surface area contributed by atoms with E-state index in [1.165, 1.54) is 16.9 Å². The molecular weight excluding hydrogens is 408 g/mol. The minimum Gasteiger partial charge on any atom is -0.272 e. The number of hydrogen-bond donors (Lipinski definition) is 2. The molecule has 2 rings (SSSR count). The minimum atomic E-state index is -0.311. The van der Waals surface area contributed by atoms with E-state index in [1.807, 2.05) is 44.2 Å². The molecule has 2 aromatic rings. The van der Waals surface area contributed by atoms with E-state index in [0.29, 0.717) is 4.88 Å². The monoisotopic (exact) mass is 426 g/mol. The van der Waals surface area contributed by atoms with Crippen LogP contribution in [0.1, 0.15) is 29.1 Å². The van der Waals surface area contributed by atoms with Gasteiger partial charge in [0.05, 0.1) is 13.9 Å². The Kier molecular flexibility index (Phi) is 7.33. The van der Waals surface area contributed by atoms with Crippen LogP contribution < -0.4 is 10.9 Å². The molecule has 0 fully saturated rings. The molecule has 1 atom stereocenters. The van der Waals surface area contributed by atoms with Crippen molar-refractivity contribution in [1.29, 1.82) is 0 Å². The van der Waals surface area contributed by atoms with Crippen LogP contribution in [0.15, 0.2) is 46.3 Å². The van der Waals surface area contributed by atoms with Gasteiger partial charge in [0.25, 0.3) is 11.8 Å². The molecule has 1 aromatic heterocycles. The van der Waals surface area contributed by atoms with Gasteiger partial charge in [0, 0.05) is 5.75 Å². The highest BCUT2D eigenvalue weighted by molar-refractivity contribution is 9.11. The van der Waals surface area contributed by atoms with Crippen molar-refractivity contribution in [3.63, 3.8) is 0 Å². The molecule has 7 heteroatoms. The van der Waals surface area contributed by atoms with Gasteiger partial charge >= 0.3 is 0 Å². The van der Waals surface area contributed by atoms with Crippen molar-refractivity contribution in [2.24, 2.45) is 5.92 Å². The lowest BCUT2D eigenvalue weighted by Crippen LogP contribution is -2.46. The van der Waals surface area contributed by atoms with Crippen molar-refractivity contribution in [3.8, 4) is 0 Å². The summed E-state index contributed by atoms with van der Waals surface area (Å²) in [5.74, 6) is 0.416. The molecule has 0 saturated heterocycles. The summed E-state index contributed by atoms with van der Waals surface area (Å²) in [5, 5.41) is -0.236. The summed E-state index contributed by atoms with van der Waals surface area (Å²) in [4.78, 5) is 24.9. The molecule has 0 radical (unpaired) electrons. The predicted molar refractivity (Wildman–Crippen MR) is 104 cm³/mol. The third-order valence-corrected chi connectivity index (χ3v) is 6.47. The lowest BCUT2D eigenvalue weighted by Gasteiger charge is -2.20. The normalized spacial score (nSPS) is 12.0. The van der Waals surface area contributed by atoms with Crippen molar-refractivity contribution in [3.05, 3.63) is 56.7 Å². The second kappa shape index (κ2) is 9.25. The maximum atomic E-state index is 12.4. The topological polar surface area (TPSA) is 58.2 Å². The Hall–Kier alpha value is -1.31. The maximum Gasteiger partial charge on any atom is 0.279 e. The number of hydrogen-bond acceptors (Lipinski definition) is 4. The first-order valence-corrected chi connectivity index (χ1v) is 10.1. The van der Waals surface area contributed by atoms with Crippen LogP contribution >= 0.6 is 39.0 Å². The van der Waals surface area contributed by atoms with E-state index in [4.69, 9.17) is 0 Å². The highest BCUT2D eigenvalue weighted by Gasteiger charge is 2.23. The van der Waals surface area contributed by atoms with Crippen LogP contribution in [0.3, 0.4) is 0 Å². The maximum absolute atomic E-state index is 12.4. The number of thioether (sulfide) groups is 1. The highest BCUT2D eigenvalue weighted by atomic mass is 79.9. The highest BCUT2D eigenvalue weighted by Crippen LogP contribution is 2.24. The van der Waals surface area contributed by atoms with Gasteiger partial charge in [-0.1, -0.05) is 44.2 Å². The van der Waals surface area contributed by atoms with Gasteiger partial charge in [-0.25, -0.2) is 0 Å². The van der Waals surface area contributed by atoms with Crippen molar-refractivity contribution in [2.75, 3.05) is 0 Å². The van der Waals surface area contributed by atoms with Gasteiger partial charge in [0.1, 0.15) is 0 Å². The second-order valence-electron chi connectivity index (χ2n) is 5.51. The molecule has 0 aliphatic carbocycles. The standard InChI is InChI=1S/C17H19BrN2O2S2/c1-11(2)15(23-10-12-6-4-3-5-7-12)17(22)20-19-16(21)13-8-9-14(18)24-13/h3-9,11,15H,10H2,1-2H3,(H,19,21)(H,20,22). The fourth-order valence-corrected chi connectivity index (χ4v) is 4.46. The average molecular weight is 427 g/mol. The third-order valence-electron chi connectivity index (χ3n) is 3.23. The summed E-state index contributed by atoms with van der Waals surface area (Å²) < 4.78 is 0.873. The van der Waals surface area contributed by atoms with E-state index in [0.717, 1.165) is 9.54 Å². The lowest BCUT2D eigenvalue weighted by atomic mass is 10.1. The zero-order valence-corrected chi connectivity index (χ0v) is 16.6. The fraction of sp³-hybridized carbons (Fsp3) is 0.294. The SMILES string of the molecule is CC(C)C(SCc1ccccc1)C(=O)NNC(=O)c1ccc(Br)s1. The molecule has 2 amide bonds. The molecule has 0 saturated carbocycles. The zero-order chi connectivity index (χ0) is 17.5. The summed E-state index contributed by atoms with van der Waals surface area (Å²) in [5.41, 5.74) is 6.20. The quantitative estimate of drug-likeness (QED) is 0.679. The Bertz CT molecular complexity index is 689. The van der Waals surface area contributed by atoms with Gasteiger partial charge in [-0.2, -0.15) is 0 Å². The molecule has 0 aliphatic rings. The van der Waals surface area contributed by atoms with Crippen molar-refractivity contribution in [2.45, 2.75) is 24.9 Å². The van der Waals surface area contributed by atoms with E-state index in [9.17, 15) is 9.59 Å². The van der Waals surface area contributed by atoms with Gasteiger partial charge in [0.15, 0.2) is 0 Å². The molecular formula is C17H19BrN2O2S2. The van der Waals surface area contributed by atoms with Crippen LogP contribution in [0.4, 0.5) is 0 Å². The molecule has 128 valence electrons. The number of benzene rings is 1. The van der Waals surface area contributed by atoms with E-state index in [-0.39, 0.29) is 23.0 Å². The van der Waals surface area contributed by atoms with Crippen LogP contribution in [0.5, 0.6) is 0 Å². The number of amides is 2. The summed E-state index contributed by atoms with van der Waals surface area (Å²) in [6.45, 7) is 4.00. The summed E-state index contributed by atoms with van der Waals surface area (Å²) in [6, 6.07) is 13.5. The summed E-state index contributed by atoms with van der Waals surface area (Å²) in [7, 11) is 0. The number of thiophene rings is 1. The first-order chi connectivity index (χ1) is 11.5. The number of hydrazine groups is 1. The molecule has 1 heterocycles. The van der Waals surface area contributed by atoms with Crippen LogP contribution in [-0.4, -0.2) is 17.1 Å². The van der Waals surface area contributed by atoms with Crippen molar-refractivity contribution >= 4 is 50.8 Å². The Morgan fingerprint density at radius 3 is 2.42 bits per heavy atom. The first-order valence-electron chi connectivity index (χ1n) is 7.48. The molecule has 2 N–H and O–H groups in total. The van der Waals surface area contributed by atoms with Gasteiger partial charge in [0.2, 0.25) is 0 Å². The second-order valence-corrected chi connectivity index (χ2v) is 9.10. The summed E-state index contributed by atoms with van der Waals surface area (Å²) >= 11 is 6.21. The number of carbonyl (C=O) groups is 2. The molecule has 0 aliphatic heterocycles. The molecule has 1 unspecified atom stereocenters. The minimum absolute atomic E-state index is 0.159. The van der Waals surface area contributed by atoms with Crippen molar-refractivity contribution < 1.29 is 9.59 Å². The molecule has 1 aromatic carbocycles. The Morgan fingerprint density at radius 2 is 1.83 bits per heavy atom. The molecule has 4 nitrogen and oxygen atoms in total. The van der Waals surface area contributed by atoms with Crippen LogP contribution in [-0.2, 0) is 10.5 Å². The lowest BCUT2D eigenvalue weighted by molar-refractivity contribution is -0.122. The number of rotatable bonds is 6. The average Bonchev–Trinajstić information content (AvgIpc) is 3.00. The van der Waals surface area contributed by atoms with E-state index < -0.39 is 0 Å². The molecule has 0 spiro atoms. The van der Waals surface area contributed by atoms with Crippen LogP contribution in [0, 0.1) is 5.92 Å². The van der Waals surface area contributed by atoms with Crippen LogP contribution in [0.25, 0.3) is 0 Å². The largest absolute Gasteiger partial charge is 0.279 e. The van der Waals surface area contributed by atoms with E-state index in [1.54, 1.807) is 23.9 Å². The zero-order valence-electron chi connectivity index (χ0n) is 13.4. The van der Waals surface area contributed by atoms with Crippen LogP contribution in [0.2, 0.25) is 0 Å². The third kappa shape index (κ3) is 5.65. The van der Waals surface area contributed by atoms with E-state index in [2.05, 4.69) is 26.8 Å². The van der Waals surface area contributed by atoms with Crippen molar-refractivity contribution in [1.82, 2.24) is 10.9 Å². The Labute approximate surface area is 158 Å². The van der Waals surface area contributed by atoms with Gasteiger partial charge < -0.3 is 0 Å². The fourth-order valence-electron chi connectivity index (χ4n) is 2.02. The number of carbonyl (C=O) groups excluding carboxylic acids is 2. The van der Waals surface area contributed by atoms with Gasteiger partial charge in [-0.05, 0) is 39.5 Å². The summed E-state index contributed by atoms with van der Waals surface area (Å²) in [6.07, 6.45) is 0. The number of nitrogens with one attached hydrogen (secondary N) is 2. The number of halogens is 1. The smallest absolute Gasteiger partial charge is 0.272 e. The van der Waals surface area contributed by atoms with Gasteiger partial charge in [-0.3, -0.25) is 20.4 Å². The molecule has 0 bridgehead atoms. The Morgan fingerprint density at radius 1 is 1.12 bits per heavy atom. The predicted octanol–water partition coefficient (Wildman–Crippen LogP) is 4.23. The Balaban J connectivity index is 1.88. The first kappa shape index (κ1) is 19.0. The van der Waals surface area contributed by atoms with Gasteiger partial charge in [-0.15, -0.1) is 23.1 Å². The molecule has 24 heavy (non-hydrogen) atoms.